The Hall–Kier alpha value is -1.90. The van der Waals surface area contributed by atoms with Crippen LogP contribution in [0.4, 0.5) is 0 Å². The summed E-state index contributed by atoms with van der Waals surface area (Å²) in [6.07, 6.45) is 8.98. The number of nitrogens with one attached hydrogen (secondary N) is 1. The smallest absolute Gasteiger partial charge is 0.306 e. The number of carboxylic acid groups (broad SMARTS) is 1. The van der Waals surface area contributed by atoms with Gasteiger partial charge in [-0.3, -0.25) is 9.59 Å². The van der Waals surface area contributed by atoms with Crippen molar-refractivity contribution < 1.29 is 14.7 Å². The second-order valence-electron chi connectivity index (χ2n) is 6.30. The van der Waals surface area contributed by atoms with E-state index >= 15 is 0 Å². The minimum atomic E-state index is -0.733. The summed E-state index contributed by atoms with van der Waals surface area (Å²) in [5.74, 6) is 2.14. The van der Waals surface area contributed by atoms with Crippen LogP contribution in [0, 0.1) is 30.1 Å². The van der Waals surface area contributed by atoms with Crippen LogP contribution in [-0.4, -0.2) is 28.7 Å². The molecule has 2 N–H and O–H groups in total. The number of hydrogen-bond donors (Lipinski definition) is 2. The largest absolute Gasteiger partial charge is 0.481 e. The third-order valence-electron chi connectivity index (χ3n) is 4.90. The van der Waals surface area contributed by atoms with E-state index in [1.807, 2.05) is 0 Å². The zero-order chi connectivity index (χ0) is 15.0. The van der Waals surface area contributed by atoms with Gasteiger partial charge in [0.15, 0.2) is 5.66 Å². The van der Waals surface area contributed by atoms with Gasteiger partial charge >= 0.3 is 5.97 Å². The Morgan fingerprint density at radius 2 is 2.05 bits per heavy atom. The van der Waals surface area contributed by atoms with Crippen LogP contribution in [0.3, 0.4) is 0 Å². The molecule has 0 aromatic rings. The van der Waals surface area contributed by atoms with Crippen molar-refractivity contribution in [3.8, 4) is 12.3 Å². The Labute approximate surface area is 123 Å². The van der Waals surface area contributed by atoms with Gasteiger partial charge in [0.1, 0.15) is 0 Å². The van der Waals surface area contributed by atoms with E-state index in [1.54, 1.807) is 0 Å². The number of hydrogen-bond acceptors (Lipinski definition) is 4. The summed E-state index contributed by atoms with van der Waals surface area (Å²) in [6.45, 7) is 0. The zero-order valence-corrected chi connectivity index (χ0v) is 11.8. The van der Waals surface area contributed by atoms with Crippen molar-refractivity contribution in [3.05, 3.63) is 0 Å². The molecule has 6 nitrogen and oxygen atoms in total. The van der Waals surface area contributed by atoms with Crippen LogP contribution < -0.4 is 5.32 Å². The van der Waals surface area contributed by atoms with Gasteiger partial charge in [-0.2, -0.15) is 10.2 Å². The molecule has 1 aliphatic heterocycles. The second kappa shape index (κ2) is 5.14. The Morgan fingerprint density at radius 1 is 1.29 bits per heavy atom. The summed E-state index contributed by atoms with van der Waals surface area (Å²) < 4.78 is 0. The molecule has 2 saturated carbocycles. The lowest BCUT2D eigenvalue weighted by molar-refractivity contribution is -0.142. The molecular formula is C15H19N3O3. The van der Waals surface area contributed by atoms with E-state index in [2.05, 4.69) is 21.5 Å². The lowest BCUT2D eigenvalue weighted by atomic mass is 10.0. The topological polar surface area (TPSA) is 91.1 Å². The quantitative estimate of drug-likeness (QED) is 0.697. The summed E-state index contributed by atoms with van der Waals surface area (Å²) in [6, 6.07) is 0.0262. The Kier molecular flexibility index (Phi) is 3.44. The first-order valence-corrected chi connectivity index (χ1v) is 7.44. The molecule has 0 unspecified atom stereocenters. The summed E-state index contributed by atoms with van der Waals surface area (Å²) in [4.78, 5) is 23.1. The van der Waals surface area contributed by atoms with Crippen LogP contribution in [-0.2, 0) is 9.59 Å². The number of terminal acetylenes is 1. The predicted octanol–water partition coefficient (Wildman–Crippen LogP) is 1.57. The Morgan fingerprint density at radius 3 is 2.62 bits per heavy atom. The minimum Gasteiger partial charge on any atom is -0.481 e. The van der Waals surface area contributed by atoms with Crippen LogP contribution in [0.25, 0.3) is 0 Å². The van der Waals surface area contributed by atoms with Crippen LogP contribution in [0.5, 0.6) is 0 Å². The van der Waals surface area contributed by atoms with Crippen molar-refractivity contribution in [2.45, 2.75) is 50.2 Å². The third-order valence-corrected chi connectivity index (χ3v) is 4.90. The predicted molar refractivity (Wildman–Crippen MR) is 74.2 cm³/mol. The molecule has 0 saturated heterocycles. The first-order chi connectivity index (χ1) is 10.0. The van der Waals surface area contributed by atoms with Gasteiger partial charge in [-0.25, -0.2) is 0 Å². The first kappa shape index (κ1) is 14.1. The summed E-state index contributed by atoms with van der Waals surface area (Å²) >= 11 is 0. The van der Waals surface area contributed by atoms with Gasteiger partial charge in [0.05, 0.1) is 5.92 Å². The zero-order valence-electron chi connectivity index (χ0n) is 11.8. The summed E-state index contributed by atoms with van der Waals surface area (Å²) in [5, 5.41) is 20.1. The molecule has 0 aromatic heterocycles. The van der Waals surface area contributed by atoms with Gasteiger partial charge in [0, 0.05) is 31.7 Å². The van der Waals surface area contributed by atoms with Gasteiger partial charge in [0.2, 0.25) is 5.91 Å². The van der Waals surface area contributed by atoms with Crippen molar-refractivity contribution in [1.82, 2.24) is 5.32 Å². The highest BCUT2D eigenvalue weighted by atomic mass is 16.4. The molecule has 2 fully saturated rings. The van der Waals surface area contributed by atoms with Crippen LogP contribution in [0.2, 0.25) is 0 Å². The van der Waals surface area contributed by atoms with Crippen LogP contribution >= 0.6 is 0 Å². The minimum absolute atomic E-state index is 0.0262. The van der Waals surface area contributed by atoms with E-state index < -0.39 is 11.6 Å². The summed E-state index contributed by atoms with van der Waals surface area (Å²) in [5.41, 5.74) is -0.425. The highest BCUT2D eigenvalue weighted by Crippen LogP contribution is 2.55. The van der Waals surface area contributed by atoms with Crippen molar-refractivity contribution >= 4 is 11.9 Å². The summed E-state index contributed by atoms with van der Waals surface area (Å²) in [7, 11) is 0. The molecule has 0 bridgehead atoms. The molecule has 0 aromatic carbocycles. The van der Waals surface area contributed by atoms with Crippen molar-refractivity contribution in [3.63, 3.8) is 0 Å². The first-order valence-electron chi connectivity index (χ1n) is 7.44. The molecule has 0 radical (unpaired) electrons. The molecule has 0 spiro atoms. The molecule has 1 amide bonds. The van der Waals surface area contributed by atoms with Gasteiger partial charge in [-0.1, -0.05) is 0 Å². The average Bonchev–Trinajstić information content (AvgIpc) is 3.35. The number of aliphatic carboxylic acids is 1. The second-order valence-corrected chi connectivity index (χ2v) is 6.30. The molecule has 2 aliphatic carbocycles. The van der Waals surface area contributed by atoms with Crippen molar-refractivity contribution in [2.75, 3.05) is 0 Å². The normalized spacial score (nSPS) is 33.9. The number of fused-ring (bicyclic) bond motifs is 1. The van der Waals surface area contributed by atoms with Gasteiger partial charge < -0.3 is 10.4 Å². The molecule has 3 aliphatic rings. The van der Waals surface area contributed by atoms with Gasteiger partial charge in [0.25, 0.3) is 0 Å². The molecule has 3 rings (SSSR count). The van der Waals surface area contributed by atoms with Gasteiger partial charge in [-0.15, -0.1) is 12.3 Å². The number of carboxylic acids is 1. The van der Waals surface area contributed by atoms with E-state index in [4.69, 9.17) is 11.5 Å². The molecule has 4 atom stereocenters. The van der Waals surface area contributed by atoms with Crippen LogP contribution in [0.15, 0.2) is 10.2 Å². The third kappa shape index (κ3) is 2.92. The van der Waals surface area contributed by atoms with Gasteiger partial charge in [-0.05, 0) is 24.7 Å². The van der Waals surface area contributed by atoms with E-state index in [-0.39, 0.29) is 23.8 Å². The number of carbonyl (C=O) groups is 2. The monoisotopic (exact) mass is 289 g/mol. The average molecular weight is 289 g/mol. The molecule has 112 valence electrons. The fraction of sp³-hybridized carbons (Fsp3) is 0.733. The van der Waals surface area contributed by atoms with Crippen molar-refractivity contribution in [1.29, 1.82) is 0 Å². The fourth-order valence-corrected chi connectivity index (χ4v) is 3.49. The maximum Gasteiger partial charge on any atom is 0.306 e. The highest BCUT2D eigenvalue weighted by molar-refractivity contribution is 5.77. The number of amides is 1. The SMILES string of the molecule is C#CCCC1(CCC(=O)N[C@H]2C[C@@H](C(=O)O)[C@@H]3C[C@@H]32)N=N1. The Balaban J connectivity index is 1.42. The molecular weight excluding hydrogens is 270 g/mol. The lowest BCUT2D eigenvalue weighted by Gasteiger charge is -2.16. The maximum atomic E-state index is 12.0. The number of rotatable bonds is 7. The van der Waals surface area contributed by atoms with Crippen LogP contribution in [0.1, 0.15) is 38.5 Å². The van der Waals surface area contributed by atoms with E-state index in [1.165, 1.54) is 0 Å². The number of nitrogens with zero attached hydrogens (tertiary/aromatic N) is 2. The van der Waals surface area contributed by atoms with E-state index in [0.717, 1.165) is 6.42 Å². The highest BCUT2D eigenvalue weighted by Gasteiger charge is 2.57. The van der Waals surface area contributed by atoms with E-state index in [9.17, 15) is 9.59 Å². The Bertz CT molecular complexity index is 531. The number of carbonyl (C=O) groups excluding carboxylic acids is 1. The maximum absolute atomic E-state index is 12.0. The molecule has 21 heavy (non-hydrogen) atoms. The molecule has 6 heteroatoms. The van der Waals surface area contributed by atoms with Crippen molar-refractivity contribution in [2.24, 2.45) is 28.0 Å². The molecule has 1 heterocycles. The fourth-order valence-electron chi connectivity index (χ4n) is 3.49. The standard InChI is InChI=1S/C15H19N3O3/c1-2-3-5-15(17-18-15)6-4-13(19)16-12-8-11(14(20)21)9-7-10(9)12/h1,9-12H,3-8H2,(H,16,19)(H,20,21)/t9-,10+,11-,12+/m1/s1. The lowest BCUT2D eigenvalue weighted by Crippen LogP contribution is -2.36. The van der Waals surface area contributed by atoms with E-state index in [0.29, 0.717) is 38.0 Å².